The maximum absolute atomic E-state index is 9.69. The van der Waals surface area contributed by atoms with E-state index in [-0.39, 0.29) is 0 Å². The summed E-state index contributed by atoms with van der Waals surface area (Å²) in [5, 5.41) is 11.8. The minimum Gasteiger partial charge on any atom is -0.507 e. The van der Waals surface area contributed by atoms with E-state index in [9.17, 15) is 5.11 Å². The Hall–Kier alpha value is -1.76. The first-order valence-electron chi connectivity index (χ1n) is 4.76. The molecule has 0 atom stereocenters. The molecule has 0 spiro atoms. The summed E-state index contributed by atoms with van der Waals surface area (Å²) in [5.41, 5.74) is 2.57. The van der Waals surface area contributed by atoms with Crippen molar-refractivity contribution >= 4 is 11.6 Å². The number of benzene rings is 1. The lowest BCUT2D eigenvalue weighted by Crippen LogP contribution is -2.22. The average molecular weight is 182 g/mol. The number of hydrogen-bond donors (Lipinski definition) is 1. The van der Waals surface area contributed by atoms with E-state index >= 15 is 0 Å². The molecule has 0 heterocycles. The fourth-order valence-corrected chi connectivity index (χ4v) is 2.10. The molecule has 0 saturated heterocycles. The molecule has 1 nitrogen and oxygen atoms in total. The summed E-state index contributed by atoms with van der Waals surface area (Å²) in [5.74, 6) is 0.380. The van der Waals surface area contributed by atoms with Crippen molar-refractivity contribution in [3.63, 3.8) is 0 Å². The van der Waals surface area contributed by atoms with Gasteiger partial charge in [-0.2, -0.15) is 0 Å². The minimum atomic E-state index is 0.380. The fourth-order valence-electron chi connectivity index (χ4n) is 2.10. The van der Waals surface area contributed by atoms with Gasteiger partial charge in [-0.1, -0.05) is 30.4 Å². The zero-order valence-corrected chi connectivity index (χ0v) is 7.70. The van der Waals surface area contributed by atoms with Gasteiger partial charge in [-0.25, -0.2) is 0 Å². The largest absolute Gasteiger partial charge is 0.507 e. The van der Waals surface area contributed by atoms with Crippen LogP contribution in [-0.2, 0) is 0 Å². The van der Waals surface area contributed by atoms with Crippen LogP contribution in [0.5, 0.6) is 5.75 Å². The Balaban J connectivity index is 2.48. The highest BCUT2D eigenvalue weighted by Gasteiger charge is 2.12. The smallest absolute Gasteiger partial charge is 0.123 e. The summed E-state index contributed by atoms with van der Waals surface area (Å²) in [4.78, 5) is 0. The van der Waals surface area contributed by atoms with Gasteiger partial charge in [0.1, 0.15) is 5.75 Å². The van der Waals surface area contributed by atoms with Gasteiger partial charge >= 0.3 is 0 Å². The van der Waals surface area contributed by atoms with E-state index in [0.717, 1.165) is 11.6 Å². The molecule has 14 heavy (non-hydrogen) atoms. The first-order valence-corrected chi connectivity index (χ1v) is 4.76. The second-order valence-corrected chi connectivity index (χ2v) is 3.62. The average Bonchev–Trinajstić information content (AvgIpc) is 2.59. The molecule has 0 bridgehead atoms. The Labute approximate surface area is 82.0 Å². The van der Waals surface area contributed by atoms with Gasteiger partial charge in [0.25, 0.3) is 0 Å². The molecule has 0 saturated carbocycles. The summed E-state index contributed by atoms with van der Waals surface area (Å²) in [6.07, 6.45) is 9.34. The van der Waals surface area contributed by atoms with Gasteiger partial charge in [0, 0.05) is 5.22 Å². The third-order valence-electron chi connectivity index (χ3n) is 2.79. The molecule has 0 radical (unpaired) electrons. The van der Waals surface area contributed by atoms with E-state index in [0.29, 0.717) is 5.75 Å². The van der Waals surface area contributed by atoms with Gasteiger partial charge in [0.05, 0.1) is 0 Å². The molecule has 1 heteroatoms. The summed E-state index contributed by atoms with van der Waals surface area (Å²) < 4.78 is 0. The van der Waals surface area contributed by atoms with Gasteiger partial charge in [0.15, 0.2) is 0 Å². The lowest BCUT2D eigenvalue weighted by Gasteiger charge is -2.04. The van der Waals surface area contributed by atoms with Crippen LogP contribution < -0.4 is 10.4 Å². The molecule has 0 fully saturated rings. The summed E-state index contributed by atoms with van der Waals surface area (Å²) in [6, 6.07) is 5.71. The molecule has 0 unspecified atom stereocenters. The predicted octanol–water partition coefficient (Wildman–Crippen LogP) is 1.22. The number of hydrogen-bond acceptors (Lipinski definition) is 1. The highest BCUT2D eigenvalue weighted by molar-refractivity contribution is 5.84. The maximum Gasteiger partial charge on any atom is 0.123 e. The number of phenols is 1. The molecular weight excluding hydrogens is 172 g/mol. The monoisotopic (exact) mass is 182 g/mol. The number of allylic oxidation sites excluding steroid dienone is 4. The lowest BCUT2D eigenvalue weighted by atomic mass is 10.0. The van der Waals surface area contributed by atoms with Crippen molar-refractivity contribution in [2.24, 2.45) is 0 Å². The molecule has 0 amide bonds. The van der Waals surface area contributed by atoms with Crippen LogP contribution in [0, 0.1) is 0 Å². The van der Waals surface area contributed by atoms with Gasteiger partial charge in [0.2, 0.25) is 0 Å². The second kappa shape index (κ2) is 2.61. The normalized spacial score (nSPS) is 17.1. The summed E-state index contributed by atoms with van der Waals surface area (Å²) >= 11 is 0. The van der Waals surface area contributed by atoms with Gasteiger partial charge in [-0.15, -0.1) is 0 Å². The zero-order valence-electron chi connectivity index (χ0n) is 7.70. The molecule has 1 aromatic carbocycles. The highest BCUT2D eigenvalue weighted by Crippen LogP contribution is 2.23. The van der Waals surface area contributed by atoms with Crippen LogP contribution in [0.25, 0.3) is 11.6 Å². The molecule has 2 aliphatic carbocycles. The molecule has 0 aliphatic heterocycles. The topological polar surface area (TPSA) is 20.2 Å². The Morgan fingerprint density at radius 3 is 3.07 bits per heavy atom. The molecular formula is C13H10O. The molecule has 3 rings (SSSR count). The predicted molar refractivity (Wildman–Crippen MR) is 57.1 cm³/mol. The third-order valence-corrected chi connectivity index (χ3v) is 2.79. The summed E-state index contributed by atoms with van der Waals surface area (Å²) in [6.45, 7) is 0. The van der Waals surface area contributed by atoms with Crippen molar-refractivity contribution in [1.29, 1.82) is 0 Å². The van der Waals surface area contributed by atoms with Crippen molar-refractivity contribution in [1.82, 2.24) is 0 Å². The Morgan fingerprint density at radius 1 is 1.21 bits per heavy atom. The van der Waals surface area contributed by atoms with Crippen LogP contribution in [0.15, 0.2) is 42.0 Å². The number of fused-ring (bicyclic) bond motifs is 2. The minimum absolute atomic E-state index is 0.380. The first kappa shape index (κ1) is 7.63. The quantitative estimate of drug-likeness (QED) is 0.639. The van der Waals surface area contributed by atoms with E-state index in [2.05, 4.69) is 30.4 Å². The molecule has 1 N–H and O–H groups in total. The highest BCUT2D eigenvalue weighted by atomic mass is 16.3. The Morgan fingerprint density at radius 2 is 2.14 bits per heavy atom. The van der Waals surface area contributed by atoms with Gasteiger partial charge in [-0.05, 0) is 34.9 Å². The van der Waals surface area contributed by atoms with Crippen molar-refractivity contribution in [3.8, 4) is 5.75 Å². The lowest BCUT2D eigenvalue weighted by molar-refractivity contribution is 0.470. The van der Waals surface area contributed by atoms with Crippen molar-refractivity contribution < 1.29 is 5.11 Å². The van der Waals surface area contributed by atoms with E-state index in [1.807, 2.05) is 6.07 Å². The van der Waals surface area contributed by atoms with Gasteiger partial charge in [-0.3, -0.25) is 0 Å². The van der Waals surface area contributed by atoms with Crippen LogP contribution >= 0.6 is 0 Å². The Kier molecular flexibility index (Phi) is 1.42. The second-order valence-electron chi connectivity index (χ2n) is 3.62. The van der Waals surface area contributed by atoms with Gasteiger partial charge < -0.3 is 5.11 Å². The van der Waals surface area contributed by atoms with Crippen LogP contribution in [0.3, 0.4) is 0 Å². The summed E-state index contributed by atoms with van der Waals surface area (Å²) in [7, 11) is 0. The van der Waals surface area contributed by atoms with Crippen molar-refractivity contribution in [2.75, 3.05) is 0 Å². The van der Waals surface area contributed by atoms with Crippen LogP contribution in [0.4, 0.5) is 0 Å². The fraction of sp³-hybridized carbons (Fsp3) is 0.0769. The number of rotatable bonds is 0. The zero-order chi connectivity index (χ0) is 9.54. The molecule has 68 valence electrons. The van der Waals surface area contributed by atoms with Crippen LogP contribution in [0.1, 0.15) is 6.42 Å². The van der Waals surface area contributed by atoms with Crippen molar-refractivity contribution in [3.05, 3.63) is 52.4 Å². The molecule has 0 aromatic heterocycles. The van der Waals surface area contributed by atoms with E-state index < -0.39 is 0 Å². The SMILES string of the molecule is Oc1cccc2c1=CC1=CC=CCC=21. The first-order chi connectivity index (χ1) is 6.86. The van der Waals surface area contributed by atoms with Crippen molar-refractivity contribution in [2.45, 2.75) is 6.42 Å². The molecule has 2 aliphatic rings. The van der Waals surface area contributed by atoms with Crippen LogP contribution in [-0.4, -0.2) is 5.11 Å². The molecule has 1 aromatic rings. The maximum atomic E-state index is 9.69. The van der Waals surface area contributed by atoms with Crippen LogP contribution in [0.2, 0.25) is 0 Å². The Bertz CT molecular complexity index is 574. The van der Waals surface area contributed by atoms with E-state index in [4.69, 9.17) is 0 Å². The third kappa shape index (κ3) is 0.896. The van der Waals surface area contributed by atoms with E-state index in [1.54, 1.807) is 6.07 Å². The standard InChI is InChI=1S/C13H10O/c14-13-7-3-6-11-10-5-2-1-4-9(10)8-12(11)13/h1-4,6-8,14H,5H2. The number of aromatic hydroxyl groups is 1. The van der Waals surface area contributed by atoms with E-state index in [1.165, 1.54) is 16.4 Å². The number of phenolic OH excluding ortho intramolecular Hbond substituents is 1.